The fourth-order valence-corrected chi connectivity index (χ4v) is 1.17. The molecule has 2 N–H and O–H groups in total. The molecule has 1 amide bonds. The van der Waals surface area contributed by atoms with Crippen molar-refractivity contribution in [3.63, 3.8) is 0 Å². The van der Waals surface area contributed by atoms with Crippen LogP contribution in [-0.2, 0) is 11.0 Å². The molecule has 0 saturated carbocycles. The molecule has 9 heteroatoms. The third-order valence-corrected chi connectivity index (χ3v) is 2.18. The topological polar surface area (TPSA) is 92.2 Å². The summed E-state index contributed by atoms with van der Waals surface area (Å²) in [5.74, 6) is -3.44. The molecule has 0 radical (unpaired) electrons. The SMILES string of the molecule is CCC(NC(=O)c1cnc(C(F)(F)F)nc1)C(=O)O. The van der Waals surface area contributed by atoms with Crippen LogP contribution in [0.15, 0.2) is 12.4 Å². The molecule has 104 valence electrons. The fourth-order valence-electron chi connectivity index (χ4n) is 1.17. The Morgan fingerprint density at radius 2 is 1.89 bits per heavy atom. The molecule has 19 heavy (non-hydrogen) atoms. The Labute approximate surface area is 105 Å². The minimum atomic E-state index is -4.69. The second-order valence-corrected chi connectivity index (χ2v) is 3.57. The summed E-state index contributed by atoms with van der Waals surface area (Å²) in [7, 11) is 0. The van der Waals surface area contributed by atoms with Crippen molar-refractivity contribution in [1.29, 1.82) is 0 Å². The standard InChI is InChI=1S/C10H10F3N3O3/c1-2-6(8(18)19)16-7(17)5-3-14-9(15-4-5)10(11,12)13/h3-4,6H,2H2,1H3,(H,16,17)(H,18,19). The molecule has 1 aromatic rings. The molecule has 1 unspecified atom stereocenters. The summed E-state index contributed by atoms with van der Waals surface area (Å²) in [4.78, 5) is 28.2. The van der Waals surface area contributed by atoms with Gasteiger partial charge in [-0.25, -0.2) is 14.8 Å². The van der Waals surface area contributed by atoms with E-state index in [2.05, 4.69) is 15.3 Å². The van der Waals surface area contributed by atoms with E-state index in [1.54, 1.807) is 6.92 Å². The third-order valence-electron chi connectivity index (χ3n) is 2.18. The number of nitrogens with zero attached hydrogens (tertiary/aromatic N) is 2. The highest BCUT2D eigenvalue weighted by Crippen LogP contribution is 2.25. The first-order chi connectivity index (χ1) is 8.75. The molecule has 1 aromatic heterocycles. The van der Waals surface area contributed by atoms with Gasteiger partial charge in [-0.2, -0.15) is 13.2 Å². The number of amides is 1. The summed E-state index contributed by atoms with van der Waals surface area (Å²) in [6, 6.07) is -1.12. The van der Waals surface area contributed by atoms with E-state index in [1.807, 2.05) is 0 Å². The Balaban J connectivity index is 2.81. The predicted octanol–water partition coefficient (Wildman–Crippen LogP) is 1.09. The van der Waals surface area contributed by atoms with Gasteiger partial charge in [-0.15, -0.1) is 0 Å². The second-order valence-electron chi connectivity index (χ2n) is 3.57. The number of halogens is 3. The molecular weight excluding hydrogens is 267 g/mol. The largest absolute Gasteiger partial charge is 0.480 e. The van der Waals surface area contributed by atoms with E-state index in [0.717, 1.165) is 0 Å². The molecule has 1 atom stereocenters. The Hall–Kier alpha value is -2.19. The van der Waals surface area contributed by atoms with Gasteiger partial charge in [0.25, 0.3) is 5.91 Å². The Morgan fingerprint density at radius 1 is 1.37 bits per heavy atom. The number of rotatable bonds is 4. The lowest BCUT2D eigenvalue weighted by Crippen LogP contribution is -2.40. The number of carbonyl (C=O) groups excluding carboxylic acids is 1. The van der Waals surface area contributed by atoms with E-state index in [4.69, 9.17) is 5.11 Å². The first-order valence-electron chi connectivity index (χ1n) is 5.18. The maximum Gasteiger partial charge on any atom is 0.451 e. The normalized spacial score (nSPS) is 12.8. The van der Waals surface area contributed by atoms with Crippen molar-refractivity contribution in [3.8, 4) is 0 Å². The molecule has 0 aliphatic heterocycles. The van der Waals surface area contributed by atoms with Gasteiger partial charge in [0.15, 0.2) is 0 Å². The molecule has 0 aliphatic carbocycles. The van der Waals surface area contributed by atoms with Gasteiger partial charge in [-0.1, -0.05) is 6.92 Å². The van der Waals surface area contributed by atoms with E-state index in [9.17, 15) is 22.8 Å². The van der Waals surface area contributed by atoms with Crippen molar-refractivity contribution in [2.24, 2.45) is 0 Å². The molecule has 6 nitrogen and oxygen atoms in total. The van der Waals surface area contributed by atoms with Crippen molar-refractivity contribution in [2.45, 2.75) is 25.6 Å². The fraction of sp³-hybridized carbons (Fsp3) is 0.400. The van der Waals surface area contributed by atoms with Crippen LogP contribution in [0.2, 0.25) is 0 Å². The summed E-state index contributed by atoms with van der Waals surface area (Å²) in [6.45, 7) is 1.54. The van der Waals surface area contributed by atoms with Gasteiger partial charge in [0.05, 0.1) is 5.56 Å². The molecule has 0 bridgehead atoms. The first kappa shape index (κ1) is 14.9. The van der Waals surface area contributed by atoms with E-state index in [0.29, 0.717) is 12.4 Å². The van der Waals surface area contributed by atoms with Crippen LogP contribution in [0.4, 0.5) is 13.2 Å². The van der Waals surface area contributed by atoms with E-state index in [1.165, 1.54) is 0 Å². The zero-order chi connectivity index (χ0) is 14.6. The Kier molecular flexibility index (Phi) is 4.41. The van der Waals surface area contributed by atoms with Crippen LogP contribution in [-0.4, -0.2) is 33.0 Å². The number of nitrogens with one attached hydrogen (secondary N) is 1. The number of aliphatic carboxylic acids is 1. The van der Waals surface area contributed by atoms with E-state index < -0.39 is 29.9 Å². The highest BCUT2D eigenvalue weighted by atomic mass is 19.4. The average molecular weight is 277 g/mol. The van der Waals surface area contributed by atoms with Crippen LogP contribution in [0.5, 0.6) is 0 Å². The van der Waals surface area contributed by atoms with Crippen molar-refractivity contribution in [2.75, 3.05) is 0 Å². The monoisotopic (exact) mass is 277 g/mol. The maximum absolute atomic E-state index is 12.2. The summed E-state index contributed by atoms with van der Waals surface area (Å²) in [5, 5.41) is 10.9. The van der Waals surface area contributed by atoms with Gasteiger partial charge in [-0.3, -0.25) is 4.79 Å². The zero-order valence-electron chi connectivity index (χ0n) is 9.73. The van der Waals surface area contributed by atoms with Gasteiger partial charge in [0, 0.05) is 12.4 Å². The molecule has 1 heterocycles. The number of aromatic nitrogens is 2. The zero-order valence-corrected chi connectivity index (χ0v) is 9.73. The first-order valence-corrected chi connectivity index (χ1v) is 5.18. The molecular formula is C10H10F3N3O3. The van der Waals surface area contributed by atoms with Crippen LogP contribution >= 0.6 is 0 Å². The third kappa shape index (κ3) is 3.90. The minimum absolute atomic E-state index is 0.141. The summed E-state index contributed by atoms with van der Waals surface area (Å²) < 4.78 is 36.6. The van der Waals surface area contributed by atoms with E-state index in [-0.39, 0.29) is 12.0 Å². The van der Waals surface area contributed by atoms with Gasteiger partial charge in [-0.05, 0) is 6.42 Å². The Morgan fingerprint density at radius 3 is 2.26 bits per heavy atom. The van der Waals surface area contributed by atoms with Crippen molar-refractivity contribution < 1.29 is 27.9 Å². The van der Waals surface area contributed by atoms with Crippen molar-refractivity contribution >= 4 is 11.9 Å². The lowest BCUT2D eigenvalue weighted by atomic mass is 10.2. The van der Waals surface area contributed by atoms with Crippen molar-refractivity contribution in [1.82, 2.24) is 15.3 Å². The number of carboxylic acids is 1. The molecule has 1 rings (SSSR count). The number of carbonyl (C=O) groups is 2. The van der Waals surface area contributed by atoms with Crippen LogP contribution < -0.4 is 5.32 Å². The quantitative estimate of drug-likeness (QED) is 0.859. The highest BCUT2D eigenvalue weighted by Gasteiger charge is 2.34. The van der Waals surface area contributed by atoms with Gasteiger partial charge in [0.2, 0.25) is 5.82 Å². The molecule has 0 saturated heterocycles. The van der Waals surface area contributed by atoms with Crippen LogP contribution in [0.25, 0.3) is 0 Å². The summed E-state index contributed by atoms with van der Waals surface area (Å²) in [5.41, 5.74) is -0.243. The smallest absolute Gasteiger partial charge is 0.451 e. The van der Waals surface area contributed by atoms with Gasteiger partial charge >= 0.3 is 12.1 Å². The predicted molar refractivity (Wildman–Crippen MR) is 56.2 cm³/mol. The van der Waals surface area contributed by atoms with Gasteiger partial charge in [0.1, 0.15) is 6.04 Å². The number of hydrogen-bond donors (Lipinski definition) is 2. The summed E-state index contributed by atoms with van der Waals surface area (Å²) in [6.07, 6.45) is -3.16. The lowest BCUT2D eigenvalue weighted by molar-refractivity contribution is -0.145. The molecule has 0 fully saturated rings. The maximum atomic E-state index is 12.2. The van der Waals surface area contributed by atoms with E-state index >= 15 is 0 Å². The number of hydrogen-bond acceptors (Lipinski definition) is 4. The van der Waals surface area contributed by atoms with Crippen LogP contribution in [0.1, 0.15) is 29.5 Å². The van der Waals surface area contributed by atoms with Crippen LogP contribution in [0, 0.1) is 0 Å². The average Bonchev–Trinajstić information content (AvgIpc) is 2.34. The Bertz CT molecular complexity index is 473. The minimum Gasteiger partial charge on any atom is -0.480 e. The lowest BCUT2D eigenvalue weighted by Gasteiger charge is -2.12. The van der Waals surface area contributed by atoms with Gasteiger partial charge < -0.3 is 10.4 Å². The number of alkyl halides is 3. The summed E-state index contributed by atoms with van der Waals surface area (Å²) >= 11 is 0. The van der Waals surface area contributed by atoms with Crippen molar-refractivity contribution in [3.05, 3.63) is 23.8 Å². The molecule has 0 aliphatic rings. The second kappa shape index (κ2) is 5.63. The number of carboxylic acid groups (broad SMARTS) is 1. The highest BCUT2D eigenvalue weighted by molar-refractivity contribution is 5.96. The molecule has 0 spiro atoms. The molecule has 0 aromatic carbocycles. The van der Waals surface area contributed by atoms with Crippen LogP contribution in [0.3, 0.4) is 0 Å².